The molecule has 0 unspecified atom stereocenters. The molecule has 0 fully saturated rings. The van der Waals surface area contributed by atoms with E-state index in [9.17, 15) is 9.59 Å². The van der Waals surface area contributed by atoms with Gasteiger partial charge in [0.15, 0.2) is 0 Å². The summed E-state index contributed by atoms with van der Waals surface area (Å²) in [6.07, 6.45) is 2.87. The summed E-state index contributed by atoms with van der Waals surface area (Å²) in [5, 5.41) is 0. The molecule has 5 heteroatoms. The highest BCUT2D eigenvalue weighted by molar-refractivity contribution is 9.11. The molecule has 4 nitrogen and oxygen atoms in total. The Bertz CT molecular complexity index is 471. The van der Waals surface area contributed by atoms with Crippen molar-refractivity contribution in [1.82, 2.24) is 4.90 Å². The third-order valence-corrected chi connectivity index (χ3v) is 3.40. The van der Waals surface area contributed by atoms with E-state index in [-0.39, 0.29) is 5.91 Å². The summed E-state index contributed by atoms with van der Waals surface area (Å²) in [5.74, 6) is -0.212. The summed E-state index contributed by atoms with van der Waals surface area (Å²) in [5.41, 5.74) is 1.07. The molecule has 1 heterocycles. The zero-order chi connectivity index (χ0) is 13.5. The Labute approximate surface area is 115 Å². The SMILES string of the molecule is CC(C)(C)OC(=O)N1CC2=C(CCC(Br)=C2)C1=O. The highest BCUT2D eigenvalue weighted by Gasteiger charge is 2.37. The predicted molar refractivity (Wildman–Crippen MR) is 71.2 cm³/mol. The molecule has 0 aromatic carbocycles. The van der Waals surface area contributed by atoms with Crippen LogP contribution in [0.1, 0.15) is 33.6 Å². The zero-order valence-corrected chi connectivity index (χ0v) is 12.3. The molecule has 0 aromatic heterocycles. The van der Waals surface area contributed by atoms with Crippen molar-refractivity contribution in [3.63, 3.8) is 0 Å². The topological polar surface area (TPSA) is 46.6 Å². The van der Waals surface area contributed by atoms with Crippen LogP contribution >= 0.6 is 15.9 Å². The van der Waals surface area contributed by atoms with Crippen molar-refractivity contribution in [3.05, 3.63) is 21.7 Å². The van der Waals surface area contributed by atoms with Crippen molar-refractivity contribution in [2.45, 2.75) is 39.2 Å². The fourth-order valence-corrected chi connectivity index (χ4v) is 2.48. The molecule has 0 atom stereocenters. The van der Waals surface area contributed by atoms with Crippen LogP contribution in [0.5, 0.6) is 0 Å². The van der Waals surface area contributed by atoms with Crippen LogP contribution in [0.3, 0.4) is 0 Å². The van der Waals surface area contributed by atoms with Gasteiger partial charge in [0.05, 0.1) is 6.54 Å². The number of carbonyl (C=O) groups is 2. The van der Waals surface area contributed by atoms with Gasteiger partial charge in [-0.05, 0) is 49.7 Å². The standard InChI is InChI=1S/C13H16BrNO3/c1-13(2,3)18-12(17)15-7-8-6-9(14)4-5-10(8)11(15)16/h6H,4-5,7H2,1-3H3. The maximum atomic E-state index is 12.1. The Balaban J connectivity index is 2.13. The number of carbonyl (C=O) groups excluding carboxylic acids is 2. The number of ether oxygens (including phenoxy) is 1. The van der Waals surface area contributed by atoms with Crippen molar-refractivity contribution in [2.75, 3.05) is 6.54 Å². The summed E-state index contributed by atoms with van der Waals surface area (Å²) in [4.78, 5) is 25.2. The van der Waals surface area contributed by atoms with E-state index >= 15 is 0 Å². The summed E-state index contributed by atoms with van der Waals surface area (Å²) in [6.45, 7) is 5.68. The highest BCUT2D eigenvalue weighted by Crippen LogP contribution is 2.33. The Morgan fingerprint density at radius 3 is 2.67 bits per heavy atom. The Hall–Kier alpha value is -1.10. The number of imide groups is 1. The molecule has 0 saturated carbocycles. The van der Waals surface area contributed by atoms with Crippen LogP contribution in [0, 0.1) is 0 Å². The zero-order valence-electron chi connectivity index (χ0n) is 10.7. The van der Waals surface area contributed by atoms with E-state index in [1.165, 1.54) is 4.90 Å². The second-order valence-corrected chi connectivity index (χ2v) is 6.49. The molecule has 0 spiro atoms. The van der Waals surface area contributed by atoms with Crippen molar-refractivity contribution in [2.24, 2.45) is 0 Å². The lowest BCUT2D eigenvalue weighted by atomic mass is 10.0. The van der Waals surface area contributed by atoms with Crippen LogP contribution in [-0.4, -0.2) is 29.0 Å². The molecule has 1 aliphatic carbocycles. The number of allylic oxidation sites excluding steroid dienone is 1. The average Bonchev–Trinajstić information content (AvgIpc) is 2.53. The number of rotatable bonds is 0. The first-order valence-electron chi connectivity index (χ1n) is 5.91. The number of hydrogen-bond donors (Lipinski definition) is 0. The van der Waals surface area contributed by atoms with Crippen LogP contribution in [0.2, 0.25) is 0 Å². The number of halogens is 1. The quantitative estimate of drug-likeness (QED) is 0.690. The van der Waals surface area contributed by atoms with Crippen LogP contribution < -0.4 is 0 Å². The van der Waals surface area contributed by atoms with E-state index in [0.29, 0.717) is 13.0 Å². The highest BCUT2D eigenvalue weighted by atomic mass is 79.9. The van der Waals surface area contributed by atoms with Crippen LogP contribution in [0.15, 0.2) is 21.7 Å². The molecule has 2 aliphatic rings. The fraction of sp³-hybridized carbons (Fsp3) is 0.538. The van der Waals surface area contributed by atoms with Crippen molar-refractivity contribution >= 4 is 27.9 Å². The fourth-order valence-electron chi connectivity index (χ4n) is 2.01. The molecule has 98 valence electrons. The monoisotopic (exact) mass is 313 g/mol. The first-order chi connectivity index (χ1) is 8.28. The van der Waals surface area contributed by atoms with Gasteiger partial charge in [-0.25, -0.2) is 9.69 Å². The third-order valence-electron chi connectivity index (χ3n) is 2.78. The number of hydrogen-bond acceptors (Lipinski definition) is 3. The minimum Gasteiger partial charge on any atom is -0.443 e. The molecule has 1 aliphatic heterocycles. The van der Waals surface area contributed by atoms with Gasteiger partial charge >= 0.3 is 6.09 Å². The van der Waals surface area contributed by atoms with Crippen LogP contribution in [-0.2, 0) is 9.53 Å². The van der Waals surface area contributed by atoms with E-state index in [4.69, 9.17) is 4.74 Å². The van der Waals surface area contributed by atoms with Gasteiger partial charge in [-0.15, -0.1) is 0 Å². The van der Waals surface area contributed by atoms with Gasteiger partial charge in [-0.1, -0.05) is 15.9 Å². The van der Waals surface area contributed by atoms with Gasteiger partial charge in [0.2, 0.25) is 0 Å². The second kappa shape index (κ2) is 4.53. The maximum absolute atomic E-state index is 12.1. The number of amides is 2. The van der Waals surface area contributed by atoms with Crippen molar-refractivity contribution in [1.29, 1.82) is 0 Å². The van der Waals surface area contributed by atoms with Crippen molar-refractivity contribution < 1.29 is 14.3 Å². The largest absolute Gasteiger partial charge is 0.443 e. The van der Waals surface area contributed by atoms with E-state index in [1.54, 1.807) is 20.8 Å². The lowest BCUT2D eigenvalue weighted by molar-refractivity contribution is -0.124. The minimum absolute atomic E-state index is 0.212. The predicted octanol–water partition coefficient (Wildman–Crippen LogP) is 3.13. The first kappa shape index (κ1) is 13.3. The normalized spacial score (nSPS) is 19.9. The van der Waals surface area contributed by atoms with Gasteiger partial charge in [0, 0.05) is 5.57 Å². The molecular weight excluding hydrogens is 298 g/mol. The smallest absolute Gasteiger partial charge is 0.417 e. The van der Waals surface area contributed by atoms with Crippen molar-refractivity contribution in [3.8, 4) is 0 Å². The Morgan fingerprint density at radius 1 is 1.39 bits per heavy atom. The molecule has 0 radical (unpaired) electrons. The molecule has 0 bridgehead atoms. The van der Waals surface area contributed by atoms with Crippen LogP contribution in [0.4, 0.5) is 4.79 Å². The van der Waals surface area contributed by atoms with E-state index < -0.39 is 11.7 Å². The van der Waals surface area contributed by atoms with E-state index in [0.717, 1.165) is 22.0 Å². The summed E-state index contributed by atoms with van der Waals surface area (Å²) in [7, 11) is 0. The van der Waals surface area contributed by atoms with Gasteiger partial charge in [-0.2, -0.15) is 0 Å². The lowest BCUT2D eigenvalue weighted by Crippen LogP contribution is -2.38. The van der Waals surface area contributed by atoms with Gasteiger partial charge < -0.3 is 4.74 Å². The summed E-state index contributed by atoms with van der Waals surface area (Å²) >= 11 is 3.43. The molecule has 18 heavy (non-hydrogen) atoms. The first-order valence-corrected chi connectivity index (χ1v) is 6.70. The number of nitrogens with zero attached hydrogens (tertiary/aromatic N) is 1. The lowest BCUT2D eigenvalue weighted by Gasteiger charge is -2.23. The van der Waals surface area contributed by atoms with Gasteiger partial charge in [0.1, 0.15) is 5.60 Å². The summed E-state index contributed by atoms with van der Waals surface area (Å²) < 4.78 is 6.30. The third kappa shape index (κ3) is 2.66. The Kier molecular flexibility index (Phi) is 3.36. The van der Waals surface area contributed by atoms with E-state index in [2.05, 4.69) is 15.9 Å². The molecule has 2 amide bonds. The molecule has 0 N–H and O–H groups in total. The molecule has 0 aromatic rings. The molecular formula is C13H16BrNO3. The van der Waals surface area contributed by atoms with Gasteiger partial charge in [0.25, 0.3) is 5.91 Å². The van der Waals surface area contributed by atoms with Crippen LogP contribution in [0.25, 0.3) is 0 Å². The summed E-state index contributed by atoms with van der Waals surface area (Å²) in [6, 6.07) is 0. The molecule has 0 saturated heterocycles. The minimum atomic E-state index is -0.586. The Morgan fingerprint density at radius 2 is 2.06 bits per heavy atom. The molecule has 2 rings (SSSR count). The second-order valence-electron chi connectivity index (χ2n) is 5.47. The van der Waals surface area contributed by atoms with Gasteiger partial charge in [-0.3, -0.25) is 4.79 Å². The van der Waals surface area contributed by atoms with E-state index in [1.807, 2.05) is 6.08 Å². The maximum Gasteiger partial charge on any atom is 0.417 e. The average molecular weight is 314 g/mol.